The van der Waals surface area contributed by atoms with Gasteiger partial charge < -0.3 is 5.32 Å². The van der Waals surface area contributed by atoms with Crippen molar-refractivity contribution < 1.29 is 0 Å². The smallest absolute Gasteiger partial charge is 0.0766 e. The van der Waals surface area contributed by atoms with Crippen LogP contribution in [0.25, 0.3) is 0 Å². The fraction of sp³-hybridized carbons (Fsp3) is 0.455. The van der Waals surface area contributed by atoms with Crippen molar-refractivity contribution in [1.29, 1.82) is 0 Å². The number of hydrogen-bond donors (Lipinski definition) is 1. The molecule has 1 aromatic carbocycles. The van der Waals surface area contributed by atoms with E-state index in [0.29, 0.717) is 12.2 Å². The first kappa shape index (κ1) is 8.57. The van der Waals surface area contributed by atoms with Gasteiger partial charge in [-0.05, 0) is 32.5 Å². The van der Waals surface area contributed by atoms with Gasteiger partial charge in [0.15, 0.2) is 0 Å². The van der Waals surface area contributed by atoms with Gasteiger partial charge >= 0.3 is 0 Å². The SMILES string of the molecule is CC1Nc2ccccc2C(C)N1C. The van der Waals surface area contributed by atoms with Crippen molar-refractivity contribution in [2.24, 2.45) is 0 Å². The van der Waals surface area contributed by atoms with Crippen molar-refractivity contribution in [3.05, 3.63) is 29.8 Å². The van der Waals surface area contributed by atoms with Crippen LogP contribution in [-0.2, 0) is 0 Å². The summed E-state index contributed by atoms with van der Waals surface area (Å²) >= 11 is 0. The van der Waals surface area contributed by atoms with E-state index in [-0.39, 0.29) is 0 Å². The zero-order chi connectivity index (χ0) is 9.42. The fourth-order valence-corrected chi connectivity index (χ4v) is 1.87. The van der Waals surface area contributed by atoms with Crippen LogP contribution >= 0.6 is 0 Å². The van der Waals surface area contributed by atoms with Gasteiger partial charge in [0.2, 0.25) is 0 Å². The topological polar surface area (TPSA) is 15.3 Å². The summed E-state index contributed by atoms with van der Waals surface area (Å²) in [6.07, 6.45) is 0.421. The highest BCUT2D eigenvalue weighted by atomic mass is 15.3. The Balaban J connectivity index is 2.43. The predicted molar refractivity (Wildman–Crippen MR) is 55.7 cm³/mol. The van der Waals surface area contributed by atoms with Gasteiger partial charge in [-0.25, -0.2) is 0 Å². The maximum absolute atomic E-state index is 3.47. The number of fused-ring (bicyclic) bond motifs is 1. The molecule has 1 N–H and O–H groups in total. The van der Waals surface area contributed by atoms with Crippen molar-refractivity contribution in [2.45, 2.75) is 26.1 Å². The molecule has 70 valence electrons. The molecule has 1 aliphatic rings. The molecule has 1 heterocycles. The highest BCUT2D eigenvalue weighted by Crippen LogP contribution is 2.32. The Bertz CT molecular complexity index is 309. The van der Waals surface area contributed by atoms with Crippen molar-refractivity contribution in [3.63, 3.8) is 0 Å². The van der Waals surface area contributed by atoms with Crippen molar-refractivity contribution in [3.8, 4) is 0 Å². The van der Waals surface area contributed by atoms with E-state index in [1.165, 1.54) is 11.3 Å². The molecular formula is C11H16N2. The Labute approximate surface area is 79.6 Å². The largest absolute Gasteiger partial charge is 0.370 e. The zero-order valence-corrected chi connectivity index (χ0v) is 8.41. The number of hydrogen-bond acceptors (Lipinski definition) is 2. The first-order valence-corrected chi connectivity index (χ1v) is 4.77. The van der Waals surface area contributed by atoms with Crippen LogP contribution in [0, 0.1) is 0 Å². The van der Waals surface area contributed by atoms with Crippen LogP contribution in [0.2, 0.25) is 0 Å². The molecule has 2 atom stereocenters. The minimum atomic E-state index is 0.421. The molecule has 2 nitrogen and oxygen atoms in total. The first-order chi connectivity index (χ1) is 6.20. The van der Waals surface area contributed by atoms with Gasteiger partial charge in [-0.1, -0.05) is 18.2 Å². The third-order valence-electron chi connectivity index (χ3n) is 3.00. The molecule has 0 radical (unpaired) electrons. The molecule has 0 amide bonds. The van der Waals surface area contributed by atoms with E-state index in [1.54, 1.807) is 0 Å². The lowest BCUT2D eigenvalue weighted by Gasteiger charge is -2.38. The molecule has 1 aliphatic heterocycles. The third-order valence-corrected chi connectivity index (χ3v) is 3.00. The van der Waals surface area contributed by atoms with Gasteiger partial charge in [0.25, 0.3) is 0 Å². The molecule has 0 aromatic heterocycles. The summed E-state index contributed by atoms with van der Waals surface area (Å²) < 4.78 is 0. The second-order valence-corrected chi connectivity index (χ2v) is 3.75. The molecule has 0 saturated carbocycles. The second kappa shape index (κ2) is 3.04. The van der Waals surface area contributed by atoms with Gasteiger partial charge in [0, 0.05) is 11.7 Å². The average Bonchev–Trinajstić information content (AvgIpc) is 2.15. The van der Waals surface area contributed by atoms with Crippen LogP contribution < -0.4 is 5.32 Å². The Kier molecular flexibility index (Phi) is 2.00. The lowest BCUT2D eigenvalue weighted by Crippen LogP contribution is -2.41. The van der Waals surface area contributed by atoms with Gasteiger partial charge in [-0.3, -0.25) is 4.90 Å². The van der Waals surface area contributed by atoms with Crippen molar-refractivity contribution in [2.75, 3.05) is 12.4 Å². The quantitative estimate of drug-likeness (QED) is 0.653. The highest BCUT2D eigenvalue weighted by molar-refractivity contribution is 5.54. The van der Waals surface area contributed by atoms with E-state index in [9.17, 15) is 0 Å². The summed E-state index contributed by atoms with van der Waals surface area (Å²) in [7, 11) is 2.15. The Hall–Kier alpha value is -1.02. The summed E-state index contributed by atoms with van der Waals surface area (Å²) in [6, 6.07) is 9.02. The Morgan fingerprint density at radius 3 is 2.69 bits per heavy atom. The summed E-state index contributed by atoms with van der Waals surface area (Å²) in [5, 5.41) is 3.47. The summed E-state index contributed by atoms with van der Waals surface area (Å²) in [5.74, 6) is 0. The van der Waals surface area contributed by atoms with Crippen LogP contribution in [0.5, 0.6) is 0 Å². The Morgan fingerprint density at radius 2 is 1.92 bits per heavy atom. The number of anilines is 1. The lowest BCUT2D eigenvalue weighted by atomic mass is 10.0. The van der Waals surface area contributed by atoms with Crippen molar-refractivity contribution >= 4 is 5.69 Å². The van der Waals surface area contributed by atoms with Crippen LogP contribution in [0.3, 0.4) is 0 Å². The Morgan fingerprint density at radius 1 is 1.23 bits per heavy atom. The summed E-state index contributed by atoms with van der Waals surface area (Å²) in [6.45, 7) is 4.43. The molecular weight excluding hydrogens is 160 g/mol. The van der Waals surface area contributed by atoms with Gasteiger partial charge in [-0.2, -0.15) is 0 Å². The van der Waals surface area contributed by atoms with Crippen LogP contribution in [-0.4, -0.2) is 18.1 Å². The lowest BCUT2D eigenvalue weighted by molar-refractivity contribution is 0.206. The molecule has 1 aromatic rings. The normalized spacial score (nSPS) is 27.9. The molecule has 0 aliphatic carbocycles. The summed E-state index contributed by atoms with van der Waals surface area (Å²) in [4.78, 5) is 2.34. The maximum atomic E-state index is 3.47. The van der Waals surface area contributed by atoms with E-state index >= 15 is 0 Å². The average molecular weight is 176 g/mol. The standard InChI is InChI=1S/C11H16N2/c1-8-10-6-4-5-7-11(10)12-9(2)13(8)3/h4-9,12H,1-3H3. The van der Waals surface area contributed by atoms with Gasteiger partial charge in [0.05, 0.1) is 6.17 Å². The van der Waals surface area contributed by atoms with Gasteiger partial charge in [-0.15, -0.1) is 0 Å². The molecule has 0 fully saturated rings. The van der Waals surface area contributed by atoms with E-state index in [4.69, 9.17) is 0 Å². The van der Waals surface area contributed by atoms with Crippen LogP contribution in [0.4, 0.5) is 5.69 Å². The van der Waals surface area contributed by atoms with Crippen LogP contribution in [0.15, 0.2) is 24.3 Å². The third kappa shape index (κ3) is 1.31. The molecule has 13 heavy (non-hydrogen) atoms. The minimum Gasteiger partial charge on any atom is -0.370 e. The van der Waals surface area contributed by atoms with Gasteiger partial charge in [0.1, 0.15) is 0 Å². The number of para-hydroxylation sites is 1. The highest BCUT2D eigenvalue weighted by Gasteiger charge is 2.24. The molecule has 2 heteroatoms. The number of rotatable bonds is 0. The molecule has 0 saturated heterocycles. The molecule has 0 spiro atoms. The van der Waals surface area contributed by atoms with E-state index < -0.39 is 0 Å². The molecule has 2 unspecified atom stereocenters. The fourth-order valence-electron chi connectivity index (χ4n) is 1.87. The van der Waals surface area contributed by atoms with Crippen LogP contribution in [0.1, 0.15) is 25.5 Å². The summed E-state index contributed by atoms with van der Waals surface area (Å²) in [5.41, 5.74) is 2.67. The minimum absolute atomic E-state index is 0.421. The predicted octanol–water partition coefficient (Wildman–Crippen LogP) is 2.45. The van der Waals surface area contributed by atoms with E-state index in [2.05, 4.69) is 55.4 Å². The molecule has 0 bridgehead atoms. The number of benzene rings is 1. The molecule has 2 rings (SSSR count). The second-order valence-electron chi connectivity index (χ2n) is 3.75. The maximum Gasteiger partial charge on any atom is 0.0766 e. The van der Waals surface area contributed by atoms with E-state index in [0.717, 1.165) is 0 Å². The number of nitrogens with one attached hydrogen (secondary N) is 1. The first-order valence-electron chi connectivity index (χ1n) is 4.77. The number of nitrogens with zero attached hydrogens (tertiary/aromatic N) is 1. The monoisotopic (exact) mass is 176 g/mol. The van der Waals surface area contributed by atoms with Crippen molar-refractivity contribution in [1.82, 2.24) is 4.90 Å². The van der Waals surface area contributed by atoms with E-state index in [1.807, 2.05) is 0 Å². The zero-order valence-electron chi connectivity index (χ0n) is 8.41.